The van der Waals surface area contributed by atoms with Gasteiger partial charge in [-0.2, -0.15) is 0 Å². The summed E-state index contributed by atoms with van der Waals surface area (Å²) in [6.45, 7) is 0. The highest BCUT2D eigenvalue weighted by molar-refractivity contribution is 5.94. The maximum absolute atomic E-state index is 11.6. The van der Waals surface area contributed by atoms with Crippen LogP contribution in [0.25, 0.3) is 6.08 Å². The predicted molar refractivity (Wildman–Crippen MR) is 73.6 cm³/mol. The minimum absolute atomic E-state index is 0.0937. The highest BCUT2D eigenvalue weighted by Gasteiger charge is 2.19. The Morgan fingerprint density at radius 3 is 2.29 bits per heavy atom. The standard InChI is InChI=1S/C14H15NO6/c16-10-4-1-9(2-5-10)3-7-12(17)15-11(14(20)21)6-8-13(18)19/h1-5,7,11,16H,6,8H2,(H,15,17)(H,18,19)(H,20,21)/b7-3+/t11-/m0/s1. The van der Waals surface area contributed by atoms with Gasteiger partial charge in [0.1, 0.15) is 11.8 Å². The van der Waals surface area contributed by atoms with Crippen molar-refractivity contribution < 1.29 is 29.7 Å². The van der Waals surface area contributed by atoms with Gasteiger partial charge in [-0.1, -0.05) is 12.1 Å². The van der Waals surface area contributed by atoms with E-state index in [0.717, 1.165) is 6.08 Å². The molecule has 1 atom stereocenters. The number of benzene rings is 1. The highest BCUT2D eigenvalue weighted by Crippen LogP contribution is 2.10. The molecule has 1 amide bonds. The van der Waals surface area contributed by atoms with Gasteiger partial charge in [0.15, 0.2) is 0 Å². The lowest BCUT2D eigenvalue weighted by Crippen LogP contribution is -2.40. The van der Waals surface area contributed by atoms with Gasteiger partial charge in [0, 0.05) is 12.5 Å². The first-order valence-corrected chi connectivity index (χ1v) is 6.10. The van der Waals surface area contributed by atoms with E-state index in [0.29, 0.717) is 5.56 Å². The van der Waals surface area contributed by atoms with Crippen molar-refractivity contribution in [1.29, 1.82) is 0 Å². The molecule has 0 saturated carbocycles. The lowest BCUT2D eigenvalue weighted by Gasteiger charge is -2.11. The summed E-state index contributed by atoms with van der Waals surface area (Å²) in [6.07, 6.45) is 2.05. The normalized spacial score (nSPS) is 12.0. The van der Waals surface area contributed by atoms with Crippen LogP contribution in [0.4, 0.5) is 0 Å². The average Bonchev–Trinajstić information content (AvgIpc) is 2.42. The summed E-state index contributed by atoms with van der Waals surface area (Å²) >= 11 is 0. The molecule has 1 aromatic rings. The number of phenols is 1. The number of carbonyl (C=O) groups excluding carboxylic acids is 1. The second-order valence-corrected chi connectivity index (χ2v) is 4.26. The highest BCUT2D eigenvalue weighted by atomic mass is 16.4. The minimum atomic E-state index is -1.29. The molecule has 0 aliphatic carbocycles. The molecule has 0 fully saturated rings. The molecular weight excluding hydrogens is 278 g/mol. The van der Waals surface area contributed by atoms with Gasteiger partial charge in [-0.25, -0.2) is 4.79 Å². The molecule has 0 saturated heterocycles. The second-order valence-electron chi connectivity index (χ2n) is 4.26. The molecule has 0 radical (unpaired) electrons. The molecule has 0 spiro atoms. The lowest BCUT2D eigenvalue weighted by atomic mass is 10.1. The van der Waals surface area contributed by atoms with E-state index in [1.165, 1.54) is 18.2 Å². The number of carboxylic acid groups (broad SMARTS) is 2. The van der Waals surface area contributed by atoms with Crippen molar-refractivity contribution >= 4 is 23.9 Å². The van der Waals surface area contributed by atoms with Gasteiger partial charge in [-0.05, 0) is 30.2 Å². The van der Waals surface area contributed by atoms with Crippen LogP contribution in [0.15, 0.2) is 30.3 Å². The fourth-order valence-electron chi connectivity index (χ4n) is 1.50. The number of carboxylic acids is 2. The lowest BCUT2D eigenvalue weighted by molar-refractivity contribution is -0.142. The van der Waals surface area contributed by atoms with Gasteiger partial charge in [-0.3, -0.25) is 9.59 Å². The fourth-order valence-corrected chi connectivity index (χ4v) is 1.50. The molecule has 0 aromatic heterocycles. The van der Waals surface area contributed by atoms with Crippen LogP contribution in [-0.2, 0) is 14.4 Å². The predicted octanol–water partition coefficient (Wildman–Crippen LogP) is 0.840. The van der Waals surface area contributed by atoms with Gasteiger partial charge in [0.05, 0.1) is 0 Å². The molecule has 0 aliphatic heterocycles. The summed E-state index contributed by atoms with van der Waals surface area (Å²) in [7, 11) is 0. The second kappa shape index (κ2) is 7.68. The number of rotatable bonds is 7. The number of aliphatic carboxylic acids is 2. The van der Waals surface area contributed by atoms with Gasteiger partial charge < -0.3 is 20.6 Å². The molecular formula is C14H15NO6. The Hall–Kier alpha value is -2.83. The molecule has 1 rings (SSSR count). The smallest absolute Gasteiger partial charge is 0.326 e. The zero-order valence-electron chi connectivity index (χ0n) is 11.0. The van der Waals surface area contributed by atoms with E-state index in [1.807, 2.05) is 0 Å². The molecule has 112 valence electrons. The van der Waals surface area contributed by atoms with Crippen molar-refractivity contribution in [2.24, 2.45) is 0 Å². The number of aromatic hydroxyl groups is 1. The van der Waals surface area contributed by atoms with Crippen LogP contribution in [0.2, 0.25) is 0 Å². The molecule has 7 heteroatoms. The van der Waals surface area contributed by atoms with Gasteiger partial charge in [-0.15, -0.1) is 0 Å². The third kappa shape index (κ3) is 6.24. The van der Waals surface area contributed by atoms with Crippen molar-refractivity contribution in [3.05, 3.63) is 35.9 Å². The number of phenolic OH excluding ortho intramolecular Hbond substituents is 1. The van der Waals surface area contributed by atoms with Crippen LogP contribution in [0.5, 0.6) is 5.75 Å². The average molecular weight is 293 g/mol. The number of hydrogen-bond donors (Lipinski definition) is 4. The summed E-state index contributed by atoms with van der Waals surface area (Å²) in [5, 5.41) is 28.7. The number of nitrogens with one attached hydrogen (secondary N) is 1. The Balaban J connectivity index is 2.59. The third-order valence-corrected chi connectivity index (χ3v) is 2.58. The Morgan fingerprint density at radius 1 is 1.14 bits per heavy atom. The molecule has 0 bridgehead atoms. The zero-order chi connectivity index (χ0) is 15.8. The van der Waals surface area contributed by atoms with Crippen LogP contribution in [0.3, 0.4) is 0 Å². The van der Waals surface area contributed by atoms with E-state index in [4.69, 9.17) is 15.3 Å². The zero-order valence-corrected chi connectivity index (χ0v) is 11.0. The van der Waals surface area contributed by atoms with Crippen molar-refractivity contribution in [3.8, 4) is 5.75 Å². The monoisotopic (exact) mass is 293 g/mol. The molecule has 0 unspecified atom stereocenters. The molecule has 1 aromatic carbocycles. The third-order valence-electron chi connectivity index (χ3n) is 2.58. The Morgan fingerprint density at radius 2 is 1.76 bits per heavy atom. The van der Waals surface area contributed by atoms with E-state index in [1.54, 1.807) is 12.1 Å². The number of carbonyl (C=O) groups is 3. The molecule has 21 heavy (non-hydrogen) atoms. The fraction of sp³-hybridized carbons (Fsp3) is 0.214. The van der Waals surface area contributed by atoms with Crippen LogP contribution < -0.4 is 5.32 Å². The maximum Gasteiger partial charge on any atom is 0.326 e. The summed E-state index contributed by atoms with van der Waals surface area (Å²) in [6, 6.07) is 4.81. The van der Waals surface area contributed by atoms with Crippen molar-refractivity contribution in [2.75, 3.05) is 0 Å². The number of amides is 1. The first-order valence-electron chi connectivity index (χ1n) is 6.10. The SMILES string of the molecule is O=C(O)CC[C@H](NC(=O)/C=C/c1ccc(O)cc1)C(=O)O. The summed E-state index contributed by atoms with van der Waals surface area (Å²) in [4.78, 5) is 32.9. The van der Waals surface area contributed by atoms with Crippen LogP contribution >= 0.6 is 0 Å². The topological polar surface area (TPSA) is 124 Å². The molecule has 7 nitrogen and oxygen atoms in total. The molecule has 0 aliphatic rings. The van der Waals surface area contributed by atoms with E-state index in [9.17, 15) is 14.4 Å². The first kappa shape index (κ1) is 16.2. The molecule has 4 N–H and O–H groups in total. The molecule has 0 heterocycles. The van der Waals surface area contributed by atoms with E-state index < -0.39 is 23.9 Å². The summed E-state index contributed by atoms with van der Waals surface area (Å²) < 4.78 is 0. The van der Waals surface area contributed by atoms with Gasteiger partial charge in [0.25, 0.3) is 0 Å². The van der Waals surface area contributed by atoms with Crippen LogP contribution in [0.1, 0.15) is 18.4 Å². The van der Waals surface area contributed by atoms with E-state index >= 15 is 0 Å². The number of hydrogen-bond acceptors (Lipinski definition) is 4. The van der Waals surface area contributed by atoms with Gasteiger partial charge in [0.2, 0.25) is 5.91 Å². The van der Waals surface area contributed by atoms with Crippen LogP contribution in [-0.4, -0.2) is 39.2 Å². The van der Waals surface area contributed by atoms with E-state index in [2.05, 4.69) is 5.32 Å². The van der Waals surface area contributed by atoms with E-state index in [-0.39, 0.29) is 18.6 Å². The van der Waals surface area contributed by atoms with Crippen molar-refractivity contribution in [1.82, 2.24) is 5.32 Å². The minimum Gasteiger partial charge on any atom is -0.508 e. The Kier molecular flexibility index (Phi) is 5.94. The first-order chi connectivity index (χ1) is 9.88. The Labute approximate surface area is 120 Å². The van der Waals surface area contributed by atoms with Crippen molar-refractivity contribution in [3.63, 3.8) is 0 Å². The summed E-state index contributed by atoms with van der Waals surface area (Å²) in [5.74, 6) is -2.96. The van der Waals surface area contributed by atoms with Gasteiger partial charge >= 0.3 is 11.9 Å². The van der Waals surface area contributed by atoms with Crippen molar-refractivity contribution in [2.45, 2.75) is 18.9 Å². The summed E-state index contributed by atoms with van der Waals surface area (Å²) in [5.41, 5.74) is 0.653. The largest absolute Gasteiger partial charge is 0.508 e. The quantitative estimate of drug-likeness (QED) is 0.552. The Bertz CT molecular complexity index is 549. The maximum atomic E-state index is 11.6. The van der Waals surface area contributed by atoms with Crippen LogP contribution in [0, 0.1) is 0 Å².